The molecule has 0 bridgehead atoms. The minimum atomic E-state index is -1.06. The third-order valence-corrected chi connectivity index (χ3v) is 7.46. The van der Waals surface area contributed by atoms with Crippen molar-refractivity contribution < 1.29 is 38.3 Å². The molecular weight excluding hydrogens is 595 g/mol. The Labute approximate surface area is 254 Å². The number of benzene rings is 2. The molecule has 0 aliphatic carbocycles. The summed E-state index contributed by atoms with van der Waals surface area (Å²) >= 11 is 1.36. The Morgan fingerprint density at radius 1 is 1.05 bits per heavy atom. The lowest BCUT2D eigenvalue weighted by atomic mass is 10.1. The van der Waals surface area contributed by atoms with Gasteiger partial charge in [-0.3, -0.25) is 5.32 Å². The number of carbonyl (C=O) groups excluding carboxylic acids is 1. The van der Waals surface area contributed by atoms with Gasteiger partial charge in [-0.2, -0.15) is 0 Å². The van der Waals surface area contributed by atoms with Gasteiger partial charge in [-0.1, -0.05) is 0 Å². The molecule has 0 unspecified atom stereocenters. The highest BCUT2D eigenvalue weighted by Gasteiger charge is 2.22. The van der Waals surface area contributed by atoms with Crippen LogP contribution in [0.15, 0.2) is 42.9 Å². The maximum absolute atomic E-state index is 15.1. The molecule has 0 aliphatic heterocycles. The van der Waals surface area contributed by atoms with E-state index in [1.807, 2.05) is 19.1 Å². The highest BCUT2D eigenvalue weighted by molar-refractivity contribution is 7.21. The zero-order valence-corrected chi connectivity index (χ0v) is 25.0. The molecule has 3 aromatic heterocycles. The first kappa shape index (κ1) is 30.7. The molecule has 2 aromatic carbocycles. The average molecular weight is 625 g/mol. The predicted octanol–water partition coefficient (Wildman–Crippen LogP) is 4.29. The molecule has 0 saturated heterocycles. The van der Waals surface area contributed by atoms with E-state index in [9.17, 15) is 9.90 Å². The topological polar surface area (TPSA) is 171 Å². The lowest BCUT2D eigenvalue weighted by Gasteiger charge is -2.22. The summed E-state index contributed by atoms with van der Waals surface area (Å²) in [6.45, 7) is 4.57. The van der Waals surface area contributed by atoms with Crippen LogP contribution in [0.1, 0.15) is 19.4 Å². The van der Waals surface area contributed by atoms with E-state index in [1.165, 1.54) is 36.9 Å². The van der Waals surface area contributed by atoms with E-state index in [-0.39, 0.29) is 24.1 Å². The van der Waals surface area contributed by atoms with E-state index in [1.54, 1.807) is 26.1 Å². The number of aryl methyl sites for hydroxylation is 1. The van der Waals surface area contributed by atoms with Crippen LogP contribution in [-0.2, 0) is 4.74 Å². The number of amides is 1. The molecule has 0 radical (unpaired) electrons. The maximum atomic E-state index is 15.1. The average Bonchev–Trinajstić information content (AvgIpc) is 3.42. The summed E-state index contributed by atoms with van der Waals surface area (Å²) < 4.78 is 37.4. The van der Waals surface area contributed by atoms with Gasteiger partial charge in [0.1, 0.15) is 29.9 Å². The van der Waals surface area contributed by atoms with E-state index in [0.717, 1.165) is 11.1 Å². The normalized spacial score (nSPS) is 13.3. The van der Waals surface area contributed by atoms with Crippen LogP contribution in [0.25, 0.3) is 31.8 Å². The van der Waals surface area contributed by atoms with E-state index >= 15 is 4.39 Å². The first-order valence-corrected chi connectivity index (χ1v) is 14.2. The summed E-state index contributed by atoms with van der Waals surface area (Å²) in [6, 6.07) is 6.70. The molecule has 0 fully saturated rings. The van der Waals surface area contributed by atoms with Gasteiger partial charge in [-0.05, 0) is 38.5 Å². The number of aliphatic hydroxyl groups is 2. The fraction of sp³-hybridized carbons (Fsp3) is 0.310. The van der Waals surface area contributed by atoms with Crippen molar-refractivity contribution in [2.45, 2.75) is 39.1 Å². The third-order valence-electron chi connectivity index (χ3n) is 6.41. The van der Waals surface area contributed by atoms with Gasteiger partial charge in [0.2, 0.25) is 5.88 Å². The van der Waals surface area contributed by atoms with Gasteiger partial charge in [0, 0.05) is 17.7 Å². The van der Waals surface area contributed by atoms with Gasteiger partial charge in [0.25, 0.3) is 0 Å². The molecular formula is C29H29FN6O7S. The standard InChI is InChI=1S/C29H29FN6O7S/c1-14-5-19(26-22(6-14)35-25(40-4)11-31-26)27-36-21-7-20(30)23(8-24(21)44-27)42-15(2)16(3)43-29(39)34-17-9-32-28(33-10-17)41-13-18(38)12-37/h5-11,15-16,18,37-38H,12-13H2,1-4H3,(H,34,39)/t15-,16+,18+/m0/s1. The second-order valence-corrected chi connectivity index (χ2v) is 10.9. The molecule has 3 heterocycles. The summed E-state index contributed by atoms with van der Waals surface area (Å²) in [4.78, 5) is 33.9. The summed E-state index contributed by atoms with van der Waals surface area (Å²) in [7, 11) is 1.53. The van der Waals surface area contributed by atoms with Gasteiger partial charge in [-0.15, -0.1) is 11.3 Å². The summed E-state index contributed by atoms with van der Waals surface area (Å²) in [5, 5.41) is 21.3. The van der Waals surface area contributed by atoms with Crippen molar-refractivity contribution in [1.82, 2.24) is 24.9 Å². The van der Waals surface area contributed by atoms with Crippen molar-refractivity contribution in [3.63, 3.8) is 0 Å². The van der Waals surface area contributed by atoms with Gasteiger partial charge in [0.05, 0.1) is 59.2 Å². The van der Waals surface area contributed by atoms with Crippen LogP contribution in [0.4, 0.5) is 14.9 Å². The number of halogens is 1. The van der Waals surface area contributed by atoms with Crippen molar-refractivity contribution >= 4 is 44.4 Å². The van der Waals surface area contributed by atoms with Crippen LogP contribution in [0.3, 0.4) is 0 Å². The van der Waals surface area contributed by atoms with Gasteiger partial charge in [0.15, 0.2) is 11.6 Å². The highest BCUT2D eigenvalue weighted by Crippen LogP contribution is 2.37. The first-order valence-electron chi connectivity index (χ1n) is 13.4. The fourth-order valence-corrected chi connectivity index (χ4v) is 5.02. The van der Waals surface area contributed by atoms with Crippen LogP contribution < -0.4 is 19.5 Å². The van der Waals surface area contributed by atoms with Crippen molar-refractivity contribution in [2.75, 3.05) is 25.6 Å². The Kier molecular flexibility index (Phi) is 9.27. The largest absolute Gasteiger partial charge is 0.484 e. The number of nitrogens with one attached hydrogen (secondary N) is 1. The van der Waals surface area contributed by atoms with E-state index in [4.69, 9.17) is 24.1 Å². The number of hydrogen-bond acceptors (Lipinski definition) is 13. The molecule has 230 valence electrons. The second kappa shape index (κ2) is 13.3. The van der Waals surface area contributed by atoms with Gasteiger partial charge in [-0.25, -0.2) is 34.1 Å². The van der Waals surface area contributed by atoms with Crippen LogP contribution in [0, 0.1) is 12.7 Å². The Bertz CT molecular complexity index is 1790. The molecule has 44 heavy (non-hydrogen) atoms. The Morgan fingerprint density at radius 3 is 2.55 bits per heavy atom. The minimum Gasteiger partial charge on any atom is -0.484 e. The van der Waals surface area contributed by atoms with E-state index < -0.39 is 36.8 Å². The zero-order chi connectivity index (χ0) is 31.4. The molecule has 5 rings (SSSR count). The Balaban J connectivity index is 1.25. The van der Waals surface area contributed by atoms with Crippen molar-refractivity contribution in [1.29, 1.82) is 0 Å². The molecule has 15 heteroatoms. The number of aliphatic hydroxyl groups excluding tert-OH is 2. The SMILES string of the molecule is COc1cnc2c(-c3nc4cc(F)c(O[C@@H](C)[C@@H](C)OC(=O)Nc5cnc(OC[C@H](O)CO)nc5)cc4s3)cc(C)cc2n1. The summed E-state index contributed by atoms with van der Waals surface area (Å²) in [5.41, 5.74) is 3.74. The molecule has 1 amide bonds. The van der Waals surface area contributed by atoms with E-state index in [0.29, 0.717) is 32.1 Å². The van der Waals surface area contributed by atoms with E-state index in [2.05, 4.69) is 30.2 Å². The number of rotatable bonds is 11. The number of aromatic nitrogens is 5. The number of fused-ring (bicyclic) bond motifs is 2. The van der Waals surface area contributed by atoms with Crippen LogP contribution in [0.5, 0.6) is 17.6 Å². The molecule has 5 aromatic rings. The lowest BCUT2D eigenvalue weighted by Crippen LogP contribution is -2.32. The molecule has 0 aliphatic rings. The van der Waals surface area contributed by atoms with Crippen LogP contribution in [-0.4, -0.2) is 79.9 Å². The number of anilines is 1. The van der Waals surface area contributed by atoms with Gasteiger partial charge >= 0.3 is 12.1 Å². The number of hydrogen-bond donors (Lipinski definition) is 3. The van der Waals surface area contributed by atoms with Gasteiger partial charge < -0.3 is 29.2 Å². The van der Waals surface area contributed by atoms with Crippen molar-refractivity contribution in [3.05, 3.63) is 54.2 Å². The maximum Gasteiger partial charge on any atom is 0.412 e. The molecule has 13 nitrogen and oxygen atoms in total. The highest BCUT2D eigenvalue weighted by atomic mass is 32.1. The first-order chi connectivity index (χ1) is 21.1. The fourth-order valence-electron chi connectivity index (χ4n) is 4.03. The number of methoxy groups -OCH3 is 1. The number of carbonyl (C=O) groups is 1. The summed E-state index contributed by atoms with van der Waals surface area (Å²) in [5.74, 6) is -0.217. The predicted molar refractivity (Wildman–Crippen MR) is 160 cm³/mol. The Morgan fingerprint density at radius 2 is 1.82 bits per heavy atom. The third kappa shape index (κ3) is 7.07. The molecule has 3 atom stereocenters. The lowest BCUT2D eigenvalue weighted by molar-refractivity contribution is 0.0402. The Hall–Kier alpha value is -4.73. The zero-order valence-electron chi connectivity index (χ0n) is 24.1. The van der Waals surface area contributed by atoms with Crippen LogP contribution >= 0.6 is 11.3 Å². The molecule has 3 N–H and O–H groups in total. The van der Waals surface area contributed by atoms with Crippen molar-refractivity contribution in [3.8, 4) is 28.2 Å². The number of nitrogens with zero attached hydrogens (tertiary/aromatic N) is 5. The second-order valence-electron chi connectivity index (χ2n) is 9.82. The molecule has 0 spiro atoms. The number of thiazole rings is 1. The van der Waals surface area contributed by atoms with Crippen LogP contribution in [0.2, 0.25) is 0 Å². The smallest absolute Gasteiger partial charge is 0.412 e. The summed E-state index contributed by atoms with van der Waals surface area (Å²) in [6.07, 6.45) is 0.781. The number of ether oxygens (including phenoxy) is 4. The minimum absolute atomic E-state index is 0.00927. The monoisotopic (exact) mass is 624 g/mol. The molecule has 0 saturated carbocycles. The quantitative estimate of drug-likeness (QED) is 0.191. The van der Waals surface area contributed by atoms with Crippen molar-refractivity contribution in [2.24, 2.45) is 0 Å².